The summed E-state index contributed by atoms with van der Waals surface area (Å²) in [6, 6.07) is 4.80. The number of benzene rings is 1. The summed E-state index contributed by atoms with van der Waals surface area (Å²) >= 11 is 13.0. The molecule has 4 nitrogen and oxygen atoms in total. The monoisotopic (exact) mass is 302 g/mol. The molecule has 18 heavy (non-hydrogen) atoms. The van der Waals surface area contributed by atoms with Crippen molar-refractivity contribution in [2.75, 3.05) is 11.1 Å². The zero-order valence-corrected chi connectivity index (χ0v) is 11.4. The minimum Gasteiger partial charge on any atom is -0.324 e. The summed E-state index contributed by atoms with van der Waals surface area (Å²) in [5.41, 5.74) is 0.448. The number of anilines is 1. The third-order valence-corrected chi connectivity index (χ3v) is 3.65. The Labute approximate surface area is 118 Å². The number of thioether (sulfide) groups is 1. The van der Waals surface area contributed by atoms with Crippen LogP contribution in [0.3, 0.4) is 0 Å². The molecule has 0 saturated carbocycles. The molecule has 0 spiro atoms. The molecule has 2 rings (SSSR count). The molecule has 7 heteroatoms. The molecule has 2 amide bonds. The number of hydrogen-bond donors (Lipinski definition) is 1. The molecule has 0 unspecified atom stereocenters. The average molecular weight is 303 g/mol. The van der Waals surface area contributed by atoms with Crippen molar-refractivity contribution >= 4 is 57.5 Å². The van der Waals surface area contributed by atoms with Gasteiger partial charge in [-0.3, -0.25) is 9.59 Å². The summed E-state index contributed by atoms with van der Waals surface area (Å²) in [5.74, 6) is -0.177. The van der Waals surface area contributed by atoms with Gasteiger partial charge < -0.3 is 5.32 Å². The predicted octanol–water partition coefficient (Wildman–Crippen LogP) is 2.99. The van der Waals surface area contributed by atoms with E-state index < -0.39 is 0 Å². The van der Waals surface area contributed by atoms with Crippen LogP contribution >= 0.6 is 35.0 Å². The van der Waals surface area contributed by atoms with E-state index >= 15 is 0 Å². The zero-order chi connectivity index (χ0) is 13.1. The summed E-state index contributed by atoms with van der Waals surface area (Å²) in [6.45, 7) is 0. The van der Waals surface area contributed by atoms with Crippen molar-refractivity contribution in [3.8, 4) is 0 Å². The fraction of sp³-hybridized carbons (Fsp3) is 0.182. The Balaban J connectivity index is 2.01. The average Bonchev–Trinajstić information content (AvgIpc) is 2.69. The Morgan fingerprint density at radius 3 is 2.89 bits per heavy atom. The summed E-state index contributed by atoms with van der Waals surface area (Å²) in [5, 5.41) is 4.05. The van der Waals surface area contributed by atoms with E-state index in [4.69, 9.17) is 23.2 Å². The first-order chi connectivity index (χ1) is 8.54. The van der Waals surface area contributed by atoms with Crippen molar-refractivity contribution in [1.82, 2.24) is 0 Å². The predicted molar refractivity (Wildman–Crippen MR) is 74.6 cm³/mol. The number of aliphatic imine (C=N–C) groups is 1. The second-order valence-electron chi connectivity index (χ2n) is 3.54. The first-order valence-corrected chi connectivity index (χ1v) is 6.77. The standard InChI is InChI=1S/C11H8Cl2N2O2S/c12-6-1-2-7(13)8(3-6)14-9(16)4-11-15-10(17)5-18-11/h1-3H,4-5H2,(H,14,16). The molecule has 1 heterocycles. The first-order valence-electron chi connectivity index (χ1n) is 5.02. The Hall–Kier alpha value is -1.04. The van der Waals surface area contributed by atoms with Crippen molar-refractivity contribution in [2.45, 2.75) is 6.42 Å². The number of nitrogens with one attached hydrogen (secondary N) is 1. The minimum absolute atomic E-state index is 0.0687. The number of halogens is 2. The molecule has 0 saturated heterocycles. The number of amides is 2. The highest BCUT2D eigenvalue weighted by atomic mass is 35.5. The summed E-state index contributed by atoms with van der Waals surface area (Å²) in [4.78, 5) is 26.4. The molecule has 1 aromatic rings. The minimum atomic E-state index is -0.278. The largest absolute Gasteiger partial charge is 0.324 e. The highest BCUT2D eigenvalue weighted by molar-refractivity contribution is 8.15. The van der Waals surface area contributed by atoms with E-state index in [1.54, 1.807) is 18.2 Å². The Bertz CT molecular complexity index is 546. The van der Waals surface area contributed by atoms with E-state index in [2.05, 4.69) is 10.3 Å². The van der Waals surface area contributed by atoms with Crippen molar-refractivity contribution in [3.05, 3.63) is 28.2 Å². The number of carbonyl (C=O) groups is 2. The highest BCUT2D eigenvalue weighted by Crippen LogP contribution is 2.26. The van der Waals surface area contributed by atoms with Gasteiger partial charge >= 0.3 is 0 Å². The quantitative estimate of drug-likeness (QED) is 0.934. The van der Waals surface area contributed by atoms with Crippen molar-refractivity contribution in [1.29, 1.82) is 0 Å². The number of rotatable bonds is 3. The number of carbonyl (C=O) groups excluding carboxylic acids is 2. The van der Waals surface area contributed by atoms with E-state index in [9.17, 15) is 9.59 Å². The van der Waals surface area contributed by atoms with E-state index in [-0.39, 0.29) is 18.2 Å². The second kappa shape index (κ2) is 5.73. The molecule has 0 aliphatic carbocycles. The van der Waals surface area contributed by atoms with E-state index in [0.717, 1.165) is 0 Å². The SMILES string of the molecule is O=C1CSC(CC(=O)Nc2cc(Cl)ccc2Cl)=N1. The summed E-state index contributed by atoms with van der Waals surface area (Å²) < 4.78 is 0. The van der Waals surface area contributed by atoms with Crippen molar-refractivity contribution in [3.63, 3.8) is 0 Å². The maximum atomic E-state index is 11.7. The van der Waals surface area contributed by atoms with Gasteiger partial charge in [-0.25, -0.2) is 4.99 Å². The number of nitrogens with zero attached hydrogens (tertiary/aromatic N) is 1. The molecule has 0 fully saturated rings. The van der Waals surface area contributed by atoms with Gasteiger partial charge in [-0.1, -0.05) is 23.2 Å². The van der Waals surface area contributed by atoms with Crippen LogP contribution in [0.25, 0.3) is 0 Å². The van der Waals surface area contributed by atoms with Crippen LogP contribution in [-0.4, -0.2) is 22.6 Å². The van der Waals surface area contributed by atoms with Crippen LogP contribution in [0.5, 0.6) is 0 Å². The van der Waals surface area contributed by atoms with Gasteiger partial charge in [0.2, 0.25) is 5.91 Å². The number of hydrogen-bond acceptors (Lipinski definition) is 3. The molecule has 1 N–H and O–H groups in total. The van der Waals surface area contributed by atoms with E-state index in [1.165, 1.54) is 11.8 Å². The molecule has 1 aliphatic rings. The van der Waals surface area contributed by atoms with E-state index in [1.807, 2.05) is 0 Å². The van der Waals surface area contributed by atoms with Gasteiger partial charge in [-0.15, -0.1) is 11.8 Å². The van der Waals surface area contributed by atoms with Crippen LogP contribution in [0.15, 0.2) is 23.2 Å². The second-order valence-corrected chi connectivity index (χ2v) is 5.43. The molecule has 1 aliphatic heterocycles. The zero-order valence-electron chi connectivity index (χ0n) is 9.07. The topological polar surface area (TPSA) is 58.5 Å². The molecule has 1 aromatic carbocycles. The van der Waals surface area contributed by atoms with Crippen molar-refractivity contribution in [2.24, 2.45) is 4.99 Å². The lowest BCUT2D eigenvalue weighted by Crippen LogP contribution is -2.14. The lowest BCUT2D eigenvalue weighted by molar-refractivity contribution is -0.115. The summed E-state index contributed by atoms with van der Waals surface area (Å²) in [7, 11) is 0. The smallest absolute Gasteiger partial charge is 0.256 e. The molecular formula is C11H8Cl2N2O2S. The van der Waals surface area contributed by atoms with Gasteiger partial charge in [0, 0.05) is 5.02 Å². The Morgan fingerprint density at radius 1 is 1.44 bits per heavy atom. The van der Waals surface area contributed by atoms with Crippen LogP contribution in [0.2, 0.25) is 10.0 Å². The highest BCUT2D eigenvalue weighted by Gasteiger charge is 2.18. The summed E-state index contributed by atoms with van der Waals surface area (Å²) in [6.07, 6.45) is 0.0687. The van der Waals surface area contributed by atoms with Gasteiger partial charge in [0.05, 0.1) is 27.9 Å². The lowest BCUT2D eigenvalue weighted by atomic mass is 10.3. The normalized spacial score (nSPS) is 14.6. The van der Waals surface area contributed by atoms with E-state index in [0.29, 0.717) is 26.5 Å². The molecule has 94 valence electrons. The third kappa shape index (κ3) is 3.48. The van der Waals surface area contributed by atoms with Crippen LogP contribution in [-0.2, 0) is 9.59 Å². The Morgan fingerprint density at radius 2 is 2.22 bits per heavy atom. The third-order valence-electron chi connectivity index (χ3n) is 2.13. The van der Waals surface area contributed by atoms with Crippen LogP contribution in [0, 0.1) is 0 Å². The molecular weight excluding hydrogens is 295 g/mol. The lowest BCUT2D eigenvalue weighted by Gasteiger charge is -2.07. The maximum absolute atomic E-state index is 11.7. The first kappa shape index (κ1) is 13.4. The molecule has 0 bridgehead atoms. The van der Waals surface area contributed by atoms with Gasteiger partial charge in [0.25, 0.3) is 5.91 Å². The molecule has 0 radical (unpaired) electrons. The fourth-order valence-corrected chi connectivity index (χ4v) is 2.46. The van der Waals surface area contributed by atoms with Crippen molar-refractivity contribution < 1.29 is 9.59 Å². The Kier molecular flexibility index (Phi) is 4.27. The fourth-order valence-electron chi connectivity index (χ4n) is 1.36. The maximum Gasteiger partial charge on any atom is 0.256 e. The van der Waals surface area contributed by atoms with Crippen LogP contribution < -0.4 is 5.32 Å². The van der Waals surface area contributed by atoms with Gasteiger partial charge in [-0.05, 0) is 18.2 Å². The van der Waals surface area contributed by atoms with Gasteiger partial charge in [0.1, 0.15) is 0 Å². The van der Waals surface area contributed by atoms with Gasteiger partial charge in [-0.2, -0.15) is 0 Å². The molecule has 0 atom stereocenters. The molecule has 0 aromatic heterocycles. The van der Waals surface area contributed by atoms with Crippen LogP contribution in [0.4, 0.5) is 5.69 Å². The van der Waals surface area contributed by atoms with Gasteiger partial charge in [0.15, 0.2) is 0 Å². The van der Waals surface area contributed by atoms with Crippen LogP contribution in [0.1, 0.15) is 6.42 Å².